The van der Waals surface area contributed by atoms with E-state index in [4.69, 9.17) is 12.2 Å². The first-order valence-electron chi connectivity index (χ1n) is 4.76. The number of nitrogen functional groups attached to an aromatic ring is 1. The maximum atomic E-state index is 13.3. The van der Waals surface area contributed by atoms with Crippen molar-refractivity contribution in [2.75, 3.05) is 19.3 Å². The molecule has 0 saturated carbocycles. The van der Waals surface area contributed by atoms with Crippen molar-refractivity contribution < 1.29 is 12.8 Å². The van der Waals surface area contributed by atoms with E-state index < -0.39 is 15.8 Å². The Labute approximate surface area is 100 Å². The van der Waals surface area contributed by atoms with Crippen molar-refractivity contribution >= 4 is 15.7 Å². The van der Waals surface area contributed by atoms with Gasteiger partial charge in [-0.1, -0.05) is 5.92 Å². The monoisotopic (exact) mass is 256 g/mol. The molecule has 0 aromatic heterocycles. The van der Waals surface area contributed by atoms with Gasteiger partial charge in [0, 0.05) is 7.05 Å². The Hall–Kier alpha value is -1.58. The van der Waals surface area contributed by atoms with Crippen LogP contribution >= 0.6 is 0 Å². The van der Waals surface area contributed by atoms with Gasteiger partial charge in [0.05, 0.1) is 17.1 Å². The minimum absolute atomic E-state index is 0.0569. The van der Waals surface area contributed by atoms with Gasteiger partial charge in [0.25, 0.3) is 0 Å². The van der Waals surface area contributed by atoms with Crippen LogP contribution in [-0.4, -0.2) is 26.3 Å². The first-order valence-corrected chi connectivity index (χ1v) is 6.20. The van der Waals surface area contributed by atoms with E-state index in [0.717, 1.165) is 10.4 Å². The number of terminal acetylenes is 1. The summed E-state index contributed by atoms with van der Waals surface area (Å²) in [6.45, 7) is 1.39. The van der Waals surface area contributed by atoms with Crippen molar-refractivity contribution in [2.45, 2.75) is 11.8 Å². The summed E-state index contributed by atoms with van der Waals surface area (Å²) in [5.74, 6) is 1.62. The predicted octanol–water partition coefficient (Wildman–Crippen LogP) is 0.970. The normalized spacial score (nSPS) is 11.5. The maximum absolute atomic E-state index is 13.3. The highest BCUT2D eigenvalue weighted by Crippen LogP contribution is 2.22. The third-order valence-corrected chi connectivity index (χ3v) is 4.06. The average molecular weight is 256 g/mol. The summed E-state index contributed by atoms with van der Waals surface area (Å²) in [6, 6.07) is 2.32. The van der Waals surface area contributed by atoms with Crippen molar-refractivity contribution in [3.05, 3.63) is 23.5 Å². The molecule has 92 valence electrons. The van der Waals surface area contributed by atoms with Gasteiger partial charge in [0.15, 0.2) is 0 Å². The first kappa shape index (κ1) is 13.5. The van der Waals surface area contributed by atoms with Gasteiger partial charge < -0.3 is 5.73 Å². The van der Waals surface area contributed by atoms with Gasteiger partial charge in [-0.25, -0.2) is 12.8 Å². The molecular formula is C11H13FN2O2S. The molecule has 4 nitrogen and oxygen atoms in total. The molecule has 0 saturated heterocycles. The zero-order valence-electron chi connectivity index (χ0n) is 9.57. The second-order valence-corrected chi connectivity index (χ2v) is 5.65. The number of aryl methyl sites for hydroxylation is 1. The van der Waals surface area contributed by atoms with Gasteiger partial charge in [-0.2, -0.15) is 4.31 Å². The lowest BCUT2D eigenvalue weighted by Gasteiger charge is -2.15. The summed E-state index contributed by atoms with van der Waals surface area (Å²) in [6.07, 6.45) is 5.05. The zero-order valence-corrected chi connectivity index (χ0v) is 10.4. The van der Waals surface area contributed by atoms with Crippen LogP contribution in [0.3, 0.4) is 0 Å². The van der Waals surface area contributed by atoms with Gasteiger partial charge >= 0.3 is 0 Å². The maximum Gasteiger partial charge on any atom is 0.243 e. The molecule has 0 aliphatic heterocycles. The van der Waals surface area contributed by atoms with Gasteiger partial charge in [-0.05, 0) is 24.6 Å². The average Bonchev–Trinajstić information content (AvgIpc) is 2.25. The Morgan fingerprint density at radius 2 is 2.12 bits per heavy atom. The molecule has 6 heteroatoms. The predicted molar refractivity (Wildman–Crippen MR) is 64.2 cm³/mol. The minimum Gasteiger partial charge on any atom is -0.396 e. The number of nitrogens with zero attached hydrogens (tertiary/aromatic N) is 1. The van der Waals surface area contributed by atoms with Crippen LogP contribution in [0.25, 0.3) is 0 Å². The molecule has 0 atom stereocenters. The standard InChI is InChI=1S/C11H13FN2O2S/c1-4-5-14(3)17(15,16)9-6-8(2)11(12)10(13)7-9/h1,6-7H,5,13H2,2-3H3. The van der Waals surface area contributed by atoms with Crippen molar-refractivity contribution in [3.8, 4) is 12.3 Å². The zero-order chi connectivity index (χ0) is 13.2. The van der Waals surface area contributed by atoms with Gasteiger partial charge in [-0.3, -0.25) is 0 Å². The molecule has 0 aliphatic carbocycles. The summed E-state index contributed by atoms with van der Waals surface area (Å²) in [4.78, 5) is -0.0633. The SMILES string of the molecule is C#CCN(C)S(=O)(=O)c1cc(C)c(F)c(N)c1. The molecule has 1 rings (SSSR count). The second kappa shape index (κ2) is 4.73. The number of anilines is 1. The van der Waals surface area contributed by atoms with E-state index in [-0.39, 0.29) is 22.7 Å². The van der Waals surface area contributed by atoms with E-state index in [1.807, 2.05) is 0 Å². The summed E-state index contributed by atoms with van der Waals surface area (Å²) in [5, 5.41) is 0. The van der Waals surface area contributed by atoms with Crippen LogP contribution in [0.5, 0.6) is 0 Å². The van der Waals surface area contributed by atoms with Crippen molar-refractivity contribution in [1.82, 2.24) is 4.31 Å². The van der Waals surface area contributed by atoms with Gasteiger partial charge in [-0.15, -0.1) is 6.42 Å². The van der Waals surface area contributed by atoms with Crippen LogP contribution < -0.4 is 5.73 Å². The molecule has 0 amide bonds. The van der Waals surface area contributed by atoms with Crippen LogP contribution in [0, 0.1) is 25.1 Å². The largest absolute Gasteiger partial charge is 0.396 e. The molecule has 0 spiro atoms. The summed E-state index contributed by atoms with van der Waals surface area (Å²) in [5.41, 5.74) is 5.38. The molecule has 0 heterocycles. The van der Waals surface area contributed by atoms with E-state index in [9.17, 15) is 12.8 Å². The van der Waals surface area contributed by atoms with Crippen molar-refractivity contribution in [1.29, 1.82) is 0 Å². The molecule has 0 bridgehead atoms. The van der Waals surface area contributed by atoms with E-state index in [2.05, 4.69) is 5.92 Å². The summed E-state index contributed by atoms with van der Waals surface area (Å²) >= 11 is 0. The topological polar surface area (TPSA) is 63.4 Å². The van der Waals surface area contributed by atoms with Crippen molar-refractivity contribution in [2.24, 2.45) is 0 Å². The molecule has 0 radical (unpaired) electrons. The summed E-state index contributed by atoms with van der Waals surface area (Å²) < 4.78 is 38.3. The lowest BCUT2D eigenvalue weighted by Crippen LogP contribution is -2.27. The fourth-order valence-electron chi connectivity index (χ4n) is 1.31. The van der Waals surface area contributed by atoms with E-state index in [1.165, 1.54) is 20.0 Å². The number of hydrogen-bond acceptors (Lipinski definition) is 3. The Balaban J connectivity index is 3.31. The van der Waals surface area contributed by atoms with Crippen LogP contribution in [0.4, 0.5) is 10.1 Å². The lowest BCUT2D eigenvalue weighted by atomic mass is 10.2. The van der Waals surface area contributed by atoms with Crippen LogP contribution in [-0.2, 0) is 10.0 Å². The smallest absolute Gasteiger partial charge is 0.243 e. The molecule has 0 fully saturated rings. The highest BCUT2D eigenvalue weighted by molar-refractivity contribution is 7.89. The highest BCUT2D eigenvalue weighted by Gasteiger charge is 2.21. The van der Waals surface area contributed by atoms with E-state index in [1.54, 1.807) is 0 Å². The van der Waals surface area contributed by atoms with Crippen LogP contribution in [0.15, 0.2) is 17.0 Å². The minimum atomic E-state index is -3.72. The molecule has 2 N–H and O–H groups in total. The number of rotatable bonds is 3. The second-order valence-electron chi connectivity index (χ2n) is 3.61. The van der Waals surface area contributed by atoms with Gasteiger partial charge in [0.2, 0.25) is 10.0 Å². The van der Waals surface area contributed by atoms with Crippen LogP contribution in [0.1, 0.15) is 5.56 Å². The lowest BCUT2D eigenvalue weighted by molar-refractivity contribution is 0.502. The van der Waals surface area contributed by atoms with E-state index in [0.29, 0.717) is 0 Å². The number of halogens is 1. The molecule has 0 unspecified atom stereocenters. The Morgan fingerprint density at radius 3 is 2.59 bits per heavy atom. The third kappa shape index (κ3) is 2.57. The summed E-state index contributed by atoms with van der Waals surface area (Å²) in [7, 11) is -2.37. The quantitative estimate of drug-likeness (QED) is 0.647. The number of nitrogens with two attached hydrogens (primary N) is 1. The van der Waals surface area contributed by atoms with E-state index >= 15 is 0 Å². The third-order valence-electron chi connectivity index (χ3n) is 2.28. The fraction of sp³-hybridized carbons (Fsp3) is 0.273. The number of sulfonamides is 1. The Bertz CT molecular complexity index is 553. The number of benzene rings is 1. The first-order chi connectivity index (χ1) is 7.80. The number of hydrogen-bond donors (Lipinski definition) is 1. The molecular weight excluding hydrogens is 243 g/mol. The van der Waals surface area contributed by atoms with Crippen molar-refractivity contribution in [3.63, 3.8) is 0 Å². The van der Waals surface area contributed by atoms with Gasteiger partial charge in [0.1, 0.15) is 5.82 Å². The fourth-order valence-corrected chi connectivity index (χ4v) is 2.51. The Morgan fingerprint density at radius 1 is 1.53 bits per heavy atom. The molecule has 0 aliphatic rings. The molecule has 1 aromatic rings. The highest BCUT2D eigenvalue weighted by atomic mass is 32.2. The molecule has 1 aromatic carbocycles. The van der Waals surface area contributed by atoms with Crippen LogP contribution in [0.2, 0.25) is 0 Å². The molecule has 17 heavy (non-hydrogen) atoms. The Kier molecular flexibility index (Phi) is 3.76.